The number of halogens is 1. The molecule has 0 saturated carbocycles. The number of nitrogen functional groups attached to an aromatic ring is 1. The van der Waals surface area contributed by atoms with Crippen molar-refractivity contribution in [3.63, 3.8) is 0 Å². The zero-order valence-corrected chi connectivity index (χ0v) is 9.56. The van der Waals surface area contributed by atoms with Gasteiger partial charge in [0.05, 0.1) is 10.7 Å². The first-order valence-corrected chi connectivity index (χ1v) is 5.91. The number of nitrogens with one attached hydrogen (secondary N) is 1. The Bertz CT molecular complexity index is 332. The molecule has 3 heteroatoms. The molecule has 1 aromatic carbocycles. The monoisotopic (exact) mass is 224 g/mol. The number of hydrogen-bond acceptors (Lipinski definition) is 2. The van der Waals surface area contributed by atoms with Gasteiger partial charge in [-0.3, -0.25) is 0 Å². The van der Waals surface area contributed by atoms with Gasteiger partial charge in [0.2, 0.25) is 0 Å². The summed E-state index contributed by atoms with van der Waals surface area (Å²) in [7, 11) is 0. The van der Waals surface area contributed by atoms with Gasteiger partial charge in [0, 0.05) is 6.04 Å². The van der Waals surface area contributed by atoms with Gasteiger partial charge < -0.3 is 11.1 Å². The Morgan fingerprint density at radius 3 is 2.93 bits per heavy atom. The zero-order valence-electron chi connectivity index (χ0n) is 8.80. The van der Waals surface area contributed by atoms with Crippen LogP contribution in [0.4, 0.5) is 5.69 Å². The van der Waals surface area contributed by atoms with E-state index in [2.05, 4.69) is 11.4 Å². The van der Waals surface area contributed by atoms with Gasteiger partial charge in [0.1, 0.15) is 0 Å². The van der Waals surface area contributed by atoms with Crippen molar-refractivity contribution in [1.82, 2.24) is 5.32 Å². The molecule has 1 fully saturated rings. The van der Waals surface area contributed by atoms with Gasteiger partial charge in [-0.15, -0.1) is 0 Å². The van der Waals surface area contributed by atoms with Gasteiger partial charge in [-0.25, -0.2) is 0 Å². The molecule has 1 aliphatic heterocycles. The van der Waals surface area contributed by atoms with E-state index < -0.39 is 0 Å². The maximum Gasteiger partial charge on any atom is 0.0635 e. The van der Waals surface area contributed by atoms with Crippen molar-refractivity contribution in [2.45, 2.75) is 31.7 Å². The molecule has 1 aromatic rings. The molecular weight excluding hydrogens is 208 g/mol. The van der Waals surface area contributed by atoms with Crippen molar-refractivity contribution in [3.05, 3.63) is 28.8 Å². The molecule has 0 amide bonds. The Kier molecular flexibility index (Phi) is 3.49. The van der Waals surface area contributed by atoms with Crippen LogP contribution in [0.15, 0.2) is 18.2 Å². The zero-order chi connectivity index (χ0) is 10.7. The van der Waals surface area contributed by atoms with Gasteiger partial charge >= 0.3 is 0 Å². The lowest BCUT2D eigenvalue weighted by Crippen LogP contribution is -2.35. The first-order chi connectivity index (χ1) is 7.25. The Morgan fingerprint density at radius 1 is 1.40 bits per heavy atom. The second-order valence-electron chi connectivity index (χ2n) is 4.21. The molecule has 0 radical (unpaired) electrons. The lowest BCUT2D eigenvalue weighted by atomic mass is 9.98. The highest BCUT2D eigenvalue weighted by Gasteiger charge is 2.13. The molecule has 0 spiro atoms. The third-order valence-corrected chi connectivity index (χ3v) is 3.30. The molecule has 82 valence electrons. The molecular formula is C12H17ClN2. The molecule has 1 atom stereocenters. The normalized spacial score (nSPS) is 21.5. The van der Waals surface area contributed by atoms with E-state index in [0.717, 1.165) is 13.0 Å². The largest absolute Gasteiger partial charge is 0.398 e. The minimum atomic E-state index is 0.610. The van der Waals surface area contributed by atoms with E-state index >= 15 is 0 Å². The minimum absolute atomic E-state index is 0.610. The summed E-state index contributed by atoms with van der Waals surface area (Å²) in [6.07, 6.45) is 4.96. The molecule has 2 nitrogen and oxygen atoms in total. The van der Waals surface area contributed by atoms with Gasteiger partial charge in [-0.05, 0) is 43.5 Å². The average Bonchev–Trinajstić information content (AvgIpc) is 2.25. The van der Waals surface area contributed by atoms with E-state index in [0.29, 0.717) is 16.8 Å². The van der Waals surface area contributed by atoms with E-state index in [1.807, 2.05) is 12.1 Å². The van der Waals surface area contributed by atoms with Crippen molar-refractivity contribution in [1.29, 1.82) is 0 Å². The summed E-state index contributed by atoms with van der Waals surface area (Å²) < 4.78 is 0. The van der Waals surface area contributed by atoms with Gasteiger partial charge in [0.25, 0.3) is 0 Å². The topological polar surface area (TPSA) is 38.0 Å². The number of piperidine rings is 1. The van der Waals surface area contributed by atoms with E-state index in [1.165, 1.54) is 24.8 Å². The molecule has 3 N–H and O–H groups in total. The Labute approximate surface area is 95.8 Å². The Morgan fingerprint density at radius 2 is 2.27 bits per heavy atom. The number of nitrogens with two attached hydrogens (primary N) is 1. The molecule has 1 saturated heterocycles. The number of anilines is 1. The molecule has 15 heavy (non-hydrogen) atoms. The summed E-state index contributed by atoms with van der Waals surface area (Å²) in [5.74, 6) is 0. The maximum absolute atomic E-state index is 5.88. The first-order valence-electron chi connectivity index (χ1n) is 5.53. The summed E-state index contributed by atoms with van der Waals surface area (Å²) in [5.41, 5.74) is 7.73. The maximum atomic E-state index is 5.88. The van der Waals surface area contributed by atoms with Gasteiger partial charge in [-0.2, -0.15) is 0 Å². The summed E-state index contributed by atoms with van der Waals surface area (Å²) in [4.78, 5) is 0. The van der Waals surface area contributed by atoms with Crippen LogP contribution in [0.25, 0.3) is 0 Å². The highest BCUT2D eigenvalue weighted by atomic mass is 35.5. The summed E-state index contributed by atoms with van der Waals surface area (Å²) in [5, 5.41) is 4.18. The summed E-state index contributed by atoms with van der Waals surface area (Å²) in [6, 6.07) is 6.54. The van der Waals surface area contributed by atoms with E-state index in [9.17, 15) is 0 Å². The third kappa shape index (κ3) is 2.86. The van der Waals surface area contributed by atoms with Crippen LogP contribution in [0.1, 0.15) is 24.8 Å². The van der Waals surface area contributed by atoms with Crippen molar-refractivity contribution in [3.8, 4) is 0 Å². The van der Waals surface area contributed by atoms with Crippen LogP contribution in [0.3, 0.4) is 0 Å². The highest BCUT2D eigenvalue weighted by molar-refractivity contribution is 6.33. The van der Waals surface area contributed by atoms with Crippen LogP contribution in [0.2, 0.25) is 5.02 Å². The fraction of sp³-hybridized carbons (Fsp3) is 0.500. The van der Waals surface area contributed by atoms with Crippen LogP contribution in [-0.2, 0) is 6.42 Å². The number of hydrogen-bond donors (Lipinski definition) is 2. The van der Waals surface area contributed by atoms with Crippen LogP contribution < -0.4 is 11.1 Å². The molecule has 1 unspecified atom stereocenters. The molecule has 1 heterocycles. The summed E-state index contributed by atoms with van der Waals surface area (Å²) in [6.45, 7) is 1.15. The fourth-order valence-corrected chi connectivity index (χ4v) is 2.22. The van der Waals surface area contributed by atoms with Crippen molar-refractivity contribution >= 4 is 17.3 Å². The highest BCUT2D eigenvalue weighted by Crippen LogP contribution is 2.21. The van der Waals surface area contributed by atoms with Crippen molar-refractivity contribution in [2.75, 3.05) is 12.3 Å². The van der Waals surface area contributed by atoms with Crippen LogP contribution in [0.5, 0.6) is 0 Å². The molecule has 1 aliphatic rings. The molecule has 2 rings (SSSR count). The second-order valence-corrected chi connectivity index (χ2v) is 4.61. The van der Waals surface area contributed by atoms with E-state index in [1.54, 1.807) is 0 Å². The Balaban J connectivity index is 2.00. The van der Waals surface area contributed by atoms with Crippen LogP contribution >= 0.6 is 11.6 Å². The predicted molar refractivity (Wildman–Crippen MR) is 65.2 cm³/mol. The smallest absolute Gasteiger partial charge is 0.0635 e. The van der Waals surface area contributed by atoms with Crippen molar-refractivity contribution < 1.29 is 0 Å². The molecule has 0 bridgehead atoms. The number of rotatable bonds is 2. The van der Waals surface area contributed by atoms with Gasteiger partial charge in [-0.1, -0.05) is 24.1 Å². The lowest BCUT2D eigenvalue weighted by Gasteiger charge is -2.23. The molecule has 0 aliphatic carbocycles. The first kappa shape index (κ1) is 10.8. The quantitative estimate of drug-likeness (QED) is 0.758. The summed E-state index contributed by atoms with van der Waals surface area (Å²) >= 11 is 5.88. The van der Waals surface area contributed by atoms with Crippen molar-refractivity contribution in [2.24, 2.45) is 0 Å². The van der Waals surface area contributed by atoms with Crippen LogP contribution in [-0.4, -0.2) is 12.6 Å². The number of benzene rings is 1. The standard InChI is InChI=1S/C12H17ClN2/c13-11-5-4-9(8-12(11)14)7-10-3-1-2-6-15-10/h4-5,8,10,15H,1-3,6-7,14H2. The average molecular weight is 225 g/mol. The van der Waals surface area contributed by atoms with E-state index in [4.69, 9.17) is 17.3 Å². The van der Waals surface area contributed by atoms with Crippen LogP contribution in [0, 0.1) is 0 Å². The minimum Gasteiger partial charge on any atom is -0.398 e. The SMILES string of the molecule is Nc1cc(CC2CCCCN2)ccc1Cl. The fourth-order valence-electron chi connectivity index (χ4n) is 2.10. The van der Waals surface area contributed by atoms with E-state index in [-0.39, 0.29) is 0 Å². The lowest BCUT2D eigenvalue weighted by molar-refractivity contribution is 0.399. The molecule has 0 aromatic heterocycles. The Hall–Kier alpha value is -0.730. The predicted octanol–water partition coefficient (Wildman–Crippen LogP) is 2.61. The van der Waals surface area contributed by atoms with Gasteiger partial charge in [0.15, 0.2) is 0 Å². The second kappa shape index (κ2) is 4.86. The third-order valence-electron chi connectivity index (χ3n) is 2.95.